The number of hydrazine groups is 1. The van der Waals surface area contributed by atoms with Crippen molar-refractivity contribution in [1.82, 2.24) is 25.1 Å². The van der Waals surface area contributed by atoms with Crippen LogP contribution in [0.3, 0.4) is 0 Å². The molecule has 39 heavy (non-hydrogen) atoms. The number of benzene rings is 3. The minimum atomic E-state index is -0.726. The summed E-state index contributed by atoms with van der Waals surface area (Å²) in [5.74, 6) is -0.191. The van der Waals surface area contributed by atoms with Gasteiger partial charge in [-0.15, -0.1) is 0 Å². The number of amides is 4. The van der Waals surface area contributed by atoms with Crippen LogP contribution in [-0.4, -0.2) is 75.1 Å². The van der Waals surface area contributed by atoms with Gasteiger partial charge in [0, 0.05) is 26.6 Å². The van der Waals surface area contributed by atoms with Crippen molar-refractivity contribution in [3.05, 3.63) is 101 Å². The fourth-order valence-corrected chi connectivity index (χ4v) is 5.30. The van der Waals surface area contributed by atoms with E-state index in [-0.39, 0.29) is 36.7 Å². The number of nitrogens with zero attached hydrogens (tertiary/aromatic N) is 4. The van der Waals surface area contributed by atoms with E-state index in [0.29, 0.717) is 19.5 Å². The average Bonchev–Trinajstić information content (AvgIpc) is 3.27. The number of aryl methyl sites for hydroxylation is 1. The first-order chi connectivity index (χ1) is 18.8. The van der Waals surface area contributed by atoms with Crippen molar-refractivity contribution in [3.8, 4) is 5.75 Å². The van der Waals surface area contributed by atoms with Crippen LogP contribution in [0.2, 0.25) is 0 Å². The highest BCUT2D eigenvalue weighted by Crippen LogP contribution is 2.30. The van der Waals surface area contributed by atoms with E-state index in [2.05, 4.69) is 5.32 Å². The highest BCUT2D eigenvalue weighted by Gasteiger charge is 2.51. The number of carbonyl (C=O) groups is 3. The number of phenols is 1. The van der Waals surface area contributed by atoms with Crippen LogP contribution in [0.25, 0.3) is 0 Å². The Labute approximate surface area is 228 Å². The number of nitrogens with one attached hydrogen (secondary N) is 1. The van der Waals surface area contributed by atoms with Crippen LogP contribution in [0.1, 0.15) is 22.3 Å². The largest absolute Gasteiger partial charge is 0.508 e. The summed E-state index contributed by atoms with van der Waals surface area (Å²) >= 11 is 0. The maximum absolute atomic E-state index is 13.8. The minimum Gasteiger partial charge on any atom is -0.508 e. The lowest BCUT2D eigenvalue weighted by molar-refractivity contribution is -0.157. The third-order valence-electron chi connectivity index (χ3n) is 7.52. The van der Waals surface area contributed by atoms with Crippen LogP contribution in [0.5, 0.6) is 5.75 Å². The predicted molar refractivity (Wildman–Crippen MR) is 146 cm³/mol. The summed E-state index contributed by atoms with van der Waals surface area (Å²) in [4.78, 5) is 43.7. The van der Waals surface area contributed by atoms with E-state index in [9.17, 15) is 19.5 Å². The zero-order valence-electron chi connectivity index (χ0n) is 22.2. The van der Waals surface area contributed by atoms with Gasteiger partial charge in [0.25, 0.3) is 0 Å². The molecule has 0 aromatic heterocycles. The second-order valence-corrected chi connectivity index (χ2v) is 10.1. The van der Waals surface area contributed by atoms with Crippen molar-refractivity contribution in [2.45, 2.75) is 38.6 Å². The summed E-state index contributed by atoms with van der Waals surface area (Å²) < 4.78 is 0. The number of carbonyl (C=O) groups excluding carboxylic acids is 3. The smallest absolute Gasteiger partial charge is 0.332 e. The lowest BCUT2D eigenvalue weighted by Crippen LogP contribution is -2.65. The zero-order chi connectivity index (χ0) is 27.5. The number of hydrogen-bond acceptors (Lipinski definition) is 5. The zero-order valence-corrected chi connectivity index (χ0v) is 22.2. The maximum atomic E-state index is 13.8. The molecule has 0 aliphatic carbocycles. The van der Waals surface area contributed by atoms with Crippen LogP contribution in [0.15, 0.2) is 78.9 Å². The summed E-state index contributed by atoms with van der Waals surface area (Å²) in [6, 6.07) is 23.2. The standard InChI is InChI=1S/C30H33N5O4/c1-21-8-6-7-11-24(21)18-33-19-27-34(32(2)30(39)31-17-23-9-4-3-5-10-23)20-28(37)35(27)26(29(33)38)16-22-12-14-25(36)15-13-22/h3-15,26-27,36H,16-20H2,1-2H3,(H,31,39)/t26-,27+/m0/s1. The van der Waals surface area contributed by atoms with Gasteiger partial charge < -0.3 is 20.2 Å². The molecule has 0 unspecified atom stereocenters. The topological polar surface area (TPSA) is 96.4 Å². The Morgan fingerprint density at radius 1 is 0.974 bits per heavy atom. The van der Waals surface area contributed by atoms with Gasteiger partial charge in [0.2, 0.25) is 11.8 Å². The maximum Gasteiger partial charge on any atom is 0.332 e. The van der Waals surface area contributed by atoms with Crippen LogP contribution >= 0.6 is 0 Å². The van der Waals surface area contributed by atoms with Crippen LogP contribution < -0.4 is 5.32 Å². The fraction of sp³-hybridized carbons (Fsp3) is 0.300. The average molecular weight is 528 g/mol. The third-order valence-corrected chi connectivity index (χ3v) is 7.52. The molecule has 2 saturated heterocycles. The van der Waals surface area contributed by atoms with Crippen molar-refractivity contribution >= 4 is 17.8 Å². The molecule has 4 amide bonds. The summed E-state index contributed by atoms with van der Waals surface area (Å²) in [5, 5.41) is 15.8. The van der Waals surface area contributed by atoms with Gasteiger partial charge in [0.1, 0.15) is 18.0 Å². The first kappa shape index (κ1) is 26.2. The van der Waals surface area contributed by atoms with Gasteiger partial charge in [0.15, 0.2) is 0 Å². The van der Waals surface area contributed by atoms with Crippen molar-refractivity contribution in [2.24, 2.45) is 0 Å². The Morgan fingerprint density at radius 3 is 2.38 bits per heavy atom. The summed E-state index contributed by atoms with van der Waals surface area (Å²) in [5.41, 5.74) is 3.93. The molecule has 5 rings (SSSR count). The Hall–Kier alpha value is -4.37. The molecule has 2 N–H and O–H groups in total. The molecule has 9 heteroatoms. The summed E-state index contributed by atoms with van der Waals surface area (Å²) in [6.45, 7) is 3.06. The Kier molecular flexibility index (Phi) is 7.51. The number of hydrogen-bond donors (Lipinski definition) is 2. The van der Waals surface area contributed by atoms with E-state index in [1.54, 1.807) is 46.1 Å². The highest BCUT2D eigenvalue weighted by atomic mass is 16.3. The van der Waals surface area contributed by atoms with E-state index in [0.717, 1.165) is 22.3 Å². The predicted octanol–water partition coefficient (Wildman–Crippen LogP) is 2.88. The van der Waals surface area contributed by atoms with Crippen molar-refractivity contribution in [3.63, 3.8) is 0 Å². The van der Waals surface area contributed by atoms with Crippen molar-refractivity contribution < 1.29 is 19.5 Å². The number of urea groups is 1. The van der Waals surface area contributed by atoms with E-state index >= 15 is 0 Å². The molecule has 0 saturated carbocycles. The molecule has 0 radical (unpaired) electrons. The van der Waals surface area contributed by atoms with Crippen molar-refractivity contribution in [2.75, 3.05) is 20.1 Å². The van der Waals surface area contributed by atoms with Crippen LogP contribution in [-0.2, 0) is 29.1 Å². The molecule has 2 fully saturated rings. The highest BCUT2D eigenvalue weighted by molar-refractivity contribution is 5.91. The molecule has 202 valence electrons. The number of phenolic OH excluding ortho intramolecular Hbond substituents is 1. The normalized spacial score (nSPS) is 19.2. The van der Waals surface area contributed by atoms with Gasteiger partial charge in [-0.2, -0.15) is 5.01 Å². The molecule has 9 nitrogen and oxygen atoms in total. The van der Waals surface area contributed by atoms with E-state index in [4.69, 9.17) is 0 Å². The number of rotatable bonds is 7. The lowest BCUT2D eigenvalue weighted by Gasteiger charge is -2.46. The summed E-state index contributed by atoms with van der Waals surface area (Å²) in [6.07, 6.45) is -0.183. The first-order valence-corrected chi connectivity index (χ1v) is 13.1. The minimum absolute atomic E-state index is 0.00249. The SMILES string of the molecule is Cc1ccccc1CN1C[C@H]2N(C(=O)CN2N(C)C(=O)NCc2ccccc2)[C@@H](Cc2ccc(O)cc2)C1=O. The molecule has 2 heterocycles. The van der Waals surface area contributed by atoms with Gasteiger partial charge in [-0.05, 0) is 41.3 Å². The van der Waals surface area contributed by atoms with Gasteiger partial charge in [-0.1, -0.05) is 66.7 Å². The first-order valence-electron chi connectivity index (χ1n) is 13.1. The molecule has 3 aromatic carbocycles. The van der Waals surface area contributed by atoms with Gasteiger partial charge in [-0.3, -0.25) is 14.6 Å². The number of piperazine rings is 1. The Bertz CT molecular complexity index is 1350. The number of aromatic hydroxyl groups is 1. The molecule has 2 aliphatic rings. The molecular weight excluding hydrogens is 494 g/mol. The molecular formula is C30H33N5O4. The van der Waals surface area contributed by atoms with Crippen LogP contribution in [0.4, 0.5) is 4.79 Å². The number of fused-ring (bicyclic) bond motifs is 1. The lowest BCUT2D eigenvalue weighted by atomic mass is 9.99. The molecule has 0 bridgehead atoms. The molecule has 0 spiro atoms. The van der Waals surface area contributed by atoms with Gasteiger partial charge in [0.05, 0.1) is 13.1 Å². The molecule has 3 aromatic rings. The van der Waals surface area contributed by atoms with Gasteiger partial charge in [-0.25, -0.2) is 4.79 Å². The van der Waals surface area contributed by atoms with E-state index < -0.39 is 12.2 Å². The summed E-state index contributed by atoms with van der Waals surface area (Å²) in [7, 11) is 1.65. The van der Waals surface area contributed by atoms with Crippen LogP contribution in [0, 0.1) is 6.92 Å². The fourth-order valence-electron chi connectivity index (χ4n) is 5.30. The van der Waals surface area contributed by atoms with E-state index in [1.165, 1.54) is 5.01 Å². The van der Waals surface area contributed by atoms with Crippen molar-refractivity contribution in [1.29, 1.82) is 0 Å². The second-order valence-electron chi connectivity index (χ2n) is 10.1. The van der Waals surface area contributed by atoms with Gasteiger partial charge >= 0.3 is 6.03 Å². The quantitative estimate of drug-likeness (QED) is 0.493. The Balaban J connectivity index is 1.40. The monoisotopic (exact) mass is 527 g/mol. The van der Waals surface area contributed by atoms with E-state index in [1.807, 2.05) is 61.5 Å². The third kappa shape index (κ3) is 5.58. The second kappa shape index (κ2) is 11.2. The molecule has 2 atom stereocenters. The molecule has 2 aliphatic heterocycles. The Morgan fingerprint density at radius 2 is 1.67 bits per heavy atom.